The van der Waals surface area contributed by atoms with E-state index in [9.17, 15) is 0 Å². The molecule has 0 aliphatic heterocycles. The smallest absolute Gasteiger partial charge is 0.0946 e. The summed E-state index contributed by atoms with van der Waals surface area (Å²) in [6.45, 7) is 4.10. The molecule has 1 heterocycles. The van der Waals surface area contributed by atoms with Crippen LogP contribution in [0, 0.1) is 0 Å². The Labute approximate surface area is 113 Å². The number of nitrogens with zero attached hydrogens (tertiary/aromatic N) is 2. The van der Waals surface area contributed by atoms with E-state index in [1.165, 1.54) is 5.56 Å². The van der Waals surface area contributed by atoms with Crippen LogP contribution in [0.3, 0.4) is 0 Å². The number of imidazole rings is 1. The molecular weight excluding hydrogens is 246 g/mol. The minimum Gasteiger partial charge on any atom is -0.336 e. The maximum atomic E-state index is 5.86. The third kappa shape index (κ3) is 4.17. The molecule has 1 atom stereocenters. The number of hydrogen-bond donors (Lipinski definition) is 1. The molecule has 0 fully saturated rings. The van der Waals surface area contributed by atoms with Gasteiger partial charge >= 0.3 is 0 Å². The zero-order valence-corrected chi connectivity index (χ0v) is 11.3. The van der Waals surface area contributed by atoms with Gasteiger partial charge in [0.15, 0.2) is 0 Å². The fraction of sp³-hybridized carbons (Fsp3) is 0.357. The standard InChI is InChI=1S/C14H18ClN3/c1-12(10-13-2-4-14(15)5-3-13)17-7-9-18-8-6-16-11-18/h2-6,8,11-12,17H,7,9-10H2,1H3. The van der Waals surface area contributed by atoms with Gasteiger partial charge < -0.3 is 9.88 Å². The quantitative estimate of drug-likeness (QED) is 0.869. The predicted molar refractivity (Wildman–Crippen MR) is 74.8 cm³/mol. The second-order valence-corrected chi connectivity index (χ2v) is 4.92. The average molecular weight is 264 g/mol. The summed E-state index contributed by atoms with van der Waals surface area (Å²) in [5, 5.41) is 4.29. The van der Waals surface area contributed by atoms with Crippen molar-refractivity contribution in [1.82, 2.24) is 14.9 Å². The van der Waals surface area contributed by atoms with Gasteiger partial charge in [0.1, 0.15) is 0 Å². The lowest BCUT2D eigenvalue weighted by atomic mass is 10.1. The summed E-state index contributed by atoms with van der Waals surface area (Å²) in [6.07, 6.45) is 6.63. The van der Waals surface area contributed by atoms with Crippen LogP contribution in [0.4, 0.5) is 0 Å². The highest BCUT2D eigenvalue weighted by Crippen LogP contribution is 2.10. The van der Waals surface area contributed by atoms with Crippen molar-refractivity contribution in [3.05, 3.63) is 53.6 Å². The summed E-state index contributed by atoms with van der Waals surface area (Å²) in [4.78, 5) is 4.02. The van der Waals surface area contributed by atoms with Gasteiger partial charge in [-0.05, 0) is 31.0 Å². The van der Waals surface area contributed by atoms with Gasteiger partial charge in [-0.25, -0.2) is 4.98 Å². The molecule has 1 aromatic carbocycles. The zero-order valence-electron chi connectivity index (χ0n) is 10.5. The van der Waals surface area contributed by atoms with Crippen molar-refractivity contribution in [1.29, 1.82) is 0 Å². The third-order valence-electron chi connectivity index (χ3n) is 2.88. The molecule has 96 valence electrons. The van der Waals surface area contributed by atoms with E-state index in [0.29, 0.717) is 6.04 Å². The molecule has 0 amide bonds. The molecule has 2 aromatic rings. The summed E-state index contributed by atoms with van der Waals surface area (Å²) in [5.74, 6) is 0. The first-order valence-corrected chi connectivity index (χ1v) is 6.55. The van der Waals surface area contributed by atoms with Crippen molar-refractivity contribution in [3.63, 3.8) is 0 Å². The Morgan fingerprint density at radius 3 is 2.78 bits per heavy atom. The number of hydrogen-bond acceptors (Lipinski definition) is 2. The highest BCUT2D eigenvalue weighted by Gasteiger charge is 2.02. The first-order valence-electron chi connectivity index (χ1n) is 6.17. The molecule has 3 nitrogen and oxygen atoms in total. The van der Waals surface area contributed by atoms with Crippen LogP contribution in [-0.4, -0.2) is 22.1 Å². The summed E-state index contributed by atoms with van der Waals surface area (Å²) in [6, 6.07) is 8.49. The minimum absolute atomic E-state index is 0.453. The molecule has 0 radical (unpaired) electrons. The second-order valence-electron chi connectivity index (χ2n) is 4.49. The maximum absolute atomic E-state index is 5.86. The van der Waals surface area contributed by atoms with Gasteiger partial charge in [0.25, 0.3) is 0 Å². The molecule has 4 heteroatoms. The Morgan fingerprint density at radius 2 is 2.11 bits per heavy atom. The molecule has 1 N–H and O–H groups in total. The number of nitrogens with one attached hydrogen (secondary N) is 1. The van der Waals surface area contributed by atoms with Gasteiger partial charge in [0.2, 0.25) is 0 Å². The van der Waals surface area contributed by atoms with E-state index >= 15 is 0 Å². The lowest BCUT2D eigenvalue weighted by Gasteiger charge is -2.14. The third-order valence-corrected chi connectivity index (χ3v) is 3.13. The molecule has 0 aliphatic rings. The SMILES string of the molecule is CC(Cc1ccc(Cl)cc1)NCCn1ccnc1. The highest BCUT2D eigenvalue weighted by molar-refractivity contribution is 6.30. The molecule has 0 aliphatic carbocycles. The Hall–Kier alpha value is -1.32. The van der Waals surface area contributed by atoms with Crippen molar-refractivity contribution >= 4 is 11.6 Å². The summed E-state index contributed by atoms with van der Waals surface area (Å²) in [7, 11) is 0. The van der Waals surface area contributed by atoms with Crippen molar-refractivity contribution in [2.45, 2.75) is 25.9 Å². The predicted octanol–water partition coefficient (Wildman–Crippen LogP) is 2.76. The molecule has 18 heavy (non-hydrogen) atoms. The molecule has 0 saturated carbocycles. The summed E-state index contributed by atoms with van der Waals surface area (Å²) >= 11 is 5.86. The fourth-order valence-electron chi connectivity index (χ4n) is 1.91. The molecule has 0 spiro atoms. The van der Waals surface area contributed by atoms with Crippen LogP contribution < -0.4 is 5.32 Å². The lowest BCUT2D eigenvalue weighted by Crippen LogP contribution is -2.30. The van der Waals surface area contributed by atoms with E-state index in [1.54, 1.807) is 6.20 Å². The second kappa shape index (κ2) is 6.57. The Bertz CT molecular complexity index is 450. The van der Waals surface area contributed by atoms with Crippen LogP contribution >= 0.6 is 11.6 Å². The van der Waals surface area contributed by atoms with Gasteiger partial charge in [0.05, 0.1) is 6.33 Å². The zero-order chi connectivity index (χ0) is 12.8. The van der Waals surface area contributed by atoms with Crippen molar-refractivity contribution in [2.24, 2.45) is 0 Å². The van der Waals surface area contributed by atoms with Crippen molar-refractivity contribution in [2.75, 3.05) is 6.54 Å². The fourth-order valence-corrected chi connectivity index (χ4v) is 2.03. The average Bonchev–Trinajstić information content (AvgIpc) is 2.85. The Morgan fingerprint density at radius 1 is 1.33 bits per heavy atom. The van der Waals surface area contributed by atoms with Gasteiger partial charge in [0, 0.05) is 36.5 Å². The van der Waals surface area contributed by atoms with Crippen LogP contribution in [-0.2, 0) is 13.0 Å². The van der Waals surface area contributed by atoms with Crippen LogP contribution in [0.15, 0.2) is 43.0 Å². The van der Waals surface area contributed by atoms with E-state index in [0.717, 1.165) is 24.5 Å². The lowest BCUT2D eigenvalue weighted by molar-refractivity contribution is 0.512. The van der Waals surface area contributed by atoms with Crippen LogP contribution in [0.1, 0.15) is 12.5 Å². The number of benzene rings is 1. The van der Waals surface area contributed by atoms with E-state index in [2.05, 4.69) is 33.9 Å². The first kappa shape index (κ1) is 13.1. The van der Waals surface area contributed by atoms with E-state index in [4.69, 9.17) is 11.6 Å². The van der Waals surface area contributed by atoms with Crippen LogP contribution in [0.2, 0.25) is 5.02 Å². The van der Waals surface area contributed by atoms with Gasteiger partial charge in [-0.2, -0.15) is 0 Å². The van der Waals surface area contributed by atoms with E-state index < -0.39 is 0 Å². The van der Waals surface area contributed by atoms with Crippen molar-refractivity contribution in [3.8, 4) is 0 Å². The number of aromatic nitrogens is 2. The van der Waals surface area contributed by atoms with Crippen LogP contribution in [0.25, 0.3) is 0 Å². The largest absolute Gasteiger partial charge is 0.336 e. The first-order chi connectivity index (χ1) is 8.74. The summed E-state index contributed by atoms with van der Waals surface area (Å²) in [5.41, 5.74) is 1.31. The highest BCUT2D eigenvalue weighted by atomic mass is 35.5. The van der Waals surface area contributed by atoms with Gasteiger partial charge in [-0.1, -0.05) is 23.7 Å². The molecule has 1 aromatic heterocycles. The number of rotatable bonds is 6. The summed E-state index contributed by atoms with van der Waals surface area (Å²) < 4.78 is 2.07. The molecule has 1 unspecified atom stereocenters. The Kier molecular flexibility index (Phi) is 4.79. The number of halogens is 1. The molecular formula is C14H18ClN3. The minimum atomic E-state index is 0.453. The van der Waals surface area contributed by atoms with Gasteiger partial charge in [-0.15, -0.1) is 0 Å². The normalized spacial score (nSPS) is 12.6. The maximum Gasteiger partial charge on any atom is 0.0946 e. The topological polar surface area (TPSA) is 29.9 Å². The van der Waals surface area contributed by atoms with Crippen LogP contribution in [0.5, 0.6) is 0 Å². The monoisotopic (exact) mass is 263 g/mol. The van der Waals surface area contributed by atoms with Gasteiger partial charge in [-0.3, -0.25) is 0 Å². The van der Waals surface area contributed by atoms with E-state index in [-0.39, 0.29) is 0 Å². The molecule has 0 bridgehead atoms. The molecule has 0 saturated heterocycles. The van der Waals surface area contributed by atoms with Crippen molar-refractivity contribution < 1.29 is 0 Å². The molecule has 2 rings (SSSR count). The van der Waals surface area contributed by atoms with E-state index in [1.807, 2.05) is 24.7 Å². The Balaban J connectivity index is 1.71.